The standard InChI is InChI=1S/C16H23ClN2/c1-11(12-3-5-13(17)6-4-12)18-14-9-15-7-8-16(10-14)19(15)2/h3-6,11,14-16,18H,7-10H2,1-2H3. The van der Waals surface area contributed by atoms with Gasteiger partial charge in [-0.25, -0.2) is 0 Å². The Balaban J connectivity index is 1.61. The summed E-state index contributed by atoms with van der Waals surface area (Å²) in [7, 11) is 2.29. The molecule has 104 valence electrons. The summed E-state index contributed by atoms with van der Waals surface area (Å²) >= 11 is 5.94. The average molecular weight is 279 g/mol. The molecule has 1 N–H and O–H groups in total. The van der Waals surface area contributed by atoms with Gasteiger partial charge in [-0.05, 0) is 57.4 Å². The predicted octanol–water partition coefficient (Wildman–Crippen LogP) is 3.62. The number of nitrogens with one attached hydrogen (secondary N) is 1. The van der Waals surface area contributed by atoms with Gasteiger partial charge < -0.3 is 10.2 Å². The van der Waals surface area contributed by atoms with Crippen molar-refractivity contribution < 1.29 is 0 Å². The molecule has 3 rings (SSSR count). The van der Waals surface area contributed by atoms with Crippen molar-refractivity contribution in [1.29, 1.82) is 0 Å². The van der Waals surface area contributed by atoms with Crippen molar-refractivity contribution in [1.82, 2.24) is 10.2 Å². The monoisotopic (exact) mass is 278 g/mol. The molecule has 2 saturated heterocycles. The zero-order valence-electron chi connectivity index (χ0n) is 11.8. The van der Waals surface area contributed by atoms with Gasteiger partial charge >= 0.3 is 0 Å². The maximum absolute atomic E-state index is 5.94. The Hall–Kier alpha value is -0.570. The lowest BCUT2D eigenvalue weighted by Gasteiger charge is -2.38. The van der Waals surface area contributed by atoms with E-state index in [-0.39, 0.29) is 0 Å². The topological polar surface area (TPSA) is 15.3 Å². The molecule has 3 unspecified atom stereocenters. The van der Waals surface area contributed by atoms with E-state index >= 15 is 0 Å². The lowest BCUT2D eigenvalue weighted by Crippen LogP contribution is -2.47. The summed E-state index contributed by atoms with van der Waals surface area (Å²) in [6.07, 6.45) is 5.36. The maximum atomic E-state index is 5.94. The first-order valence-electron chi connectivity index (χ1n) is 7.37. The van der Waals surface area contributed by atoms with Gasteiger partial charge in [0.2, 0.25) is 0 Å². The molecule has 0 amide bonds. The van der Waals surface area contributed by atoms with Crippen LogP contribution in [0.2, 0.25) is 5.02 Å². The zero-order valence-corrected chi connectivity index (χ0v) is 12.5. The van der Waals surface area contributed by atoms with Crippen LogP contribution in [0.3, 0.4) is 0 Å². The highest BCUT2D eigenvalue weighted by atomic mass is 35.5. The third kappa shape index (κ3) is 2.81. The number of piperidine rings is 1. The van der Waals surface area contributed by atoms with Crippen LogP contribution in [0.25, 0.3) is 0 Å². The number of hydrogen-bond donors (Lipinski definition) is 1. The van der Waals surface area contributed by atoms with E-state index in [2.05, 4.69) is 36.3 Å². The smallest absolute Gasteiger partial charge is 0.0406 e. The highest BCUT2D eigenvalue weighted by Crippen LogP contribution is 2.35. The molecule has 2 nitrogen and oxygen atoms in total. The van der Waals surface area contributed by atoms with Crippen molar-refractivity contribution in [2.45, 2.75) is 56.8 Å². The van der Waals surface area contributed by atoms with E-state index in [1.165, 1.54) is 31.2 Å². The molecule has 1 aromatic rings. The molecule has 2 aliphatic heterocycles. The molecule has 0 radical (unpaired) electrons. The van der Waals surface area contributed by atoms with Crippen molar-refractivity contribution in [2.75, 3.05) is 7.05 Å². The first-order chi connectivity index (χ1) is 9.13. The van der Waals surface area contributed by atoms with Gasteiger partial charge in [0.05, 0.1) is 0 Å². The van der Waals surface area contributed by atoms with Crippen LogP contribution in [0.4, 0.5) is 0 Å². The molecule has 0 aromatic heterocycles. The molecule has 19 heavy (non-hydrogen) atoms. The van der Waals surface area contributed by atoms with Crippen molar-refractivity contribution >= 4 is 11.6 Å². The summed E-state index contributed by atoms with van der Waals surface area (Å²) in [4.78, 5) is 2.59. The van der Waals surface area contributed by atoms with Crippen LogP contribution in [0, 0.1) is 0 Å². The van der Waals surface area contributed by atoms with Gasteiger partial charge in [0, 0.05) is 29.2 Å². The van der Waals surface area contributed by atoms with Gasteiger partial charge in [0.1, 0.15) is 0 Å². The van der Waals surface area contributed by atoms with Crippen molar-refractivity contribution in [3.63, 3.8) is 0 Å². The van der Waals surface area contributed by atoms with Crippen molar-refractivity contribution in [3.05, 3.63) is 34.9 Å². The number of benzene rings is 1. The molecular weight excluding hydrogens is 256 g/mol. The van der Waals surface area contributed by atoms with Gasteiger partial charge in [-0.2, -0.15) is 0 Å². The molecular formula is C16H23ClN2. The second kappa shape index (κ2) is 5.43. The minimum atomic E-state index is 0.407. The Labute approximate surface area is 121 Å². The van der Waals surface area contributed by atoms with E-state index in [0.717, 1.165) is 17.1 Å². The highest BCUT2D eigenvalue weighted by molar-refractivity contribution is 6.30. The van der Waals surface area contributed by atoms with Gasteiger partial charge in [-0.1, -0.05) is 23.7 Å². The summed E-state index contributed by atoms with van der Waals surface area (Å²) in [5.41, 5.74) is 1.33. The number of fused-ring (bicyclic) bond motifs is 2. The van der Waals surface area contributed by atoms with Gasteiger partial charge in [0.15, 0.2) is 0 Å². The number of hydrogen-bond acceptors (Lipinski definition) is 2. The minimum absolute atomic E-state index is 0.407. The summed E-state index contributed by atoms with van der Waals surface area (Å²) < 4.78 is 0. The third-order valence-electron chi connectivity index (χ3n) is 4.95. The summed E-state index contributed by atoms with van der Waals surface area (Å²) in [6.45, 7) is 2.25. The Morgan fingerprint density at radius 2 is 1.74 bits per heavy atom. The van der Waals surface area contributed by atoms with E-state index in [9.17, 15) is 0 Å². The van der Waals surface area contributed by atoms with E-state index in [0.29, 0.717) is 12.1 Å². The lowest BCUT2D eigenvalue weighted by molar-refractivity contribution is 0.144. The van der Waals surface area contributed by atoms with Crippen LogP contribution in [0.5, 0.6) is 0 Å². The first-order valence-corrected chi connectivity index (χ1v) is 7.74. The highest BCUT2D eigenvalue weighted by Gasteiger charge is 2.38. The van der Waals surface area contributed by atoms with Crippen molar-refractivity contribution in [2.24, 2.45) is 0 Å². The maximum Gasteiger partial charge on any atom is 0.0406 e. The van der Waals surface area contributed by atoms with Crippen LogP contribution >= 0.6 is 11.6 Å². The fraction of sp³-hybridized carbons (Fsp3) is 0.625. The molecule has 2 bridgehead atoms. The van der Waals surface area contributed by atoms with Crippen molar-refractivity contribution in [3.8, 4) is 0 Å². The second-order valence-electron chi connectivity index (χ2n) is 6.16. The third-order valence-corrected chi connectivity index (χ3v) is 5.21. The average Bonchev–Trinajstić information content (AvgIpc) is 2.63. The fourth-order valence-corrected chi connectivity index (χ4v) is 3.87. The van der Waals surface area contributed by atoms with E-state index in [1.807, 2.05) is 12.1 Å². The van der Waals surface area contributed by atoms with E-state index in [4.69, 9.17) is 11.6 Å². The van der Waals surface area contributed by atoms with Crippen LogP contribution in [-0.4, -0.2) is 30.1 Å². The zero-order chi connectivity index (χ0) is 13.4. The molecule has 1 aromatic carbocycles. The van der Waals surface area contributed by atoms with E-state index < -0.39 is 0 Å². The molecule has 2 fully saturated rings. The Morgan fingerprint density at radius 1 is 1.16 bits per heavy atom. The molecule has 2 heterocycles. The first kappa shape index (κ1) is 13.4. The lowest BCUT2D eigenvalue weighted by atomic mass is 9.96. The van der Waals surface area contributed by atoms with Gasteiger partial charge in [-0.3, -0.25) is 0 Å². The molecule has 2 aliphatic rings. The van der Waals surface area contributed by atoms with Crippen LogP contribution in [0.15, 0.2) is 24.3 Å². The molecule has 3 heteroatoms. The van der Waals surface area contributed by atoms with Crippen LogP contribution in [0.1, 0.15) is 44.2 Å². The quantitative estimate of drug-likeness (QED) is 0.909. The van der Waals surface area contributed by atoms with Crippen LogP contribution in [-0.2, 0) is 0 Å². The Bertz CT molecular complexity index is 417. The SMILES string of the molecule is CC(NC1CC2CCC(C1)N2C)c1ccc(Cl)cc1. The normalized spacial score (nSPS) is 32.5. The summed E-state index contributed by atoms with van der Waals surface area (Å²) in [5, 5.41) is 4.62. The largest absolute Gasteiger partial charge is 0.307 e. The Morgan fingerprint density at radius 3 is 2.32 bits per heavy atom. The van der Waals surface area contributed by atoms with E-state index in [1.54, 1.807) is 0 Å². The van der Waals surface area contributed by atoms with Gasteiger partial charge in [-0.15, -0.1) is 0 Å². The van der Waals surface area contributed by atoms with Gasteiger partial charge in [0.25, 0.3) is 0 Å². The number of nitrogens with zero attached hydrogens (tertiary/aromatic N) is 1. The minimum Gasteiger partial charge on any atom is -0.307 e. The Kier molecular flexibility index (Phi) is 3.84. The second-order valence-corrected chi connectivity index (χ2v) is 6.60. The number of halogens is 1. The molecule has 0 spiro atoms. The predicted molar refractivity (Wildman–Crippen MR) is 80.6 cm³/mol. The summed E-state index contributed by atoms with van der Waals surface area (Å²) in [6, 6.07) is 10.9. The molecule has 0 saturated carbocycles. The number of rotatable bonds is 3. The molecule has 0 aliphatic carbocycles. The van der Waals surface area contributed by atoms with Crippen LogP contribution < -0.4 is 5.32 Å². The fourth-order valence-electron chi connectivity index (χ4n) is 3.75. The summed E-state index contributed by atoms with van der Waals surface area (Å²) in [5.74, 6) is 0. The molecule has 3 atom stereocenters.